The fourth-order valence-corrected chi connectivity index (χ4v) is 1.27. The first kappa shape index (κ1) is 10.8. The molecule has 4 atom stereocenters. The highest BCUT2D eigenvalue weighted by molar-refractivity contribution is 4.89. The Morgan fingerprint density at radius 2 is 2.00 bits per heavy atom. The van der Waals surface area contributed by atoms with E-state index in [-0.39, 0.29) is 6.61 Å². The number of hydrogen-bond donors (Lipinski definition) is 3. The minimum Gasteiger partial charge on any atom is -0.388 e. The van der Waals surface area contributed by atoms with Crippen molar-refractivity contribution in [3.63, 3.8) is 0 Å². The molecule has 6 heteroatoms. The third kappa shape index (κ3) is 1.69. The molecule has 0 bridgehead atoms. The van der Waals surface area contributed by atoms with E-state index in [1.165, 1.54) is 14.2 Å². The van der Waals surface area contributed by atoms with Gasteiger partial charge in [-0.3, -0.25) is 0 Å². The van der Waals surface area contributed by atoms with Crippen LogP contribution in [0.2, 0.25) is 0 Å². The van der Waals surface area contributed by atoms with Crippen LogP contribution in [0.25, 0.3) is 0 Å². The van der Waals surface area contributed by atoms with Gasteiger partial charge in [0.1, 0.15) is 12.2 Å². The van der Waals surface area contributed by atoms with Crippen LogP contribution >= 0.6 is 0 Å². The Morgan fingerprint density at radius 3 is 2.46 bits per heavy atom. The van der Waals surface area contributed by atoms with Crippen LogP contribution in [0.15, 0.2) is 0 Å². The lowest BCUT2D eigenvalue weighted by Crippen LogP contribution is -2.64. The van der Waals surface area contributed by atoms with E-state index in [9.17, 15) is 15.3 Å². The van der Waals surface area contributed by atoms with E-state index >= 15 is 0 Å². The van der Waals surface area contributed by atoms with E-state index in [1.807, 2.05) is 0 Å². The molecule has 0 aromatic rings. The highest BCUT2D eigenvalue weighted by Gasteiger charge is 2.52. The third-order valence-corrected chi connectivity index (χ3v) is 2.09. The second-order valence-corrected chi connectivity index (χ2v) is 2.87. The second kappa shape index (κ2) is 3.87. The Balaban J connectivity index is 2.80. The van der Waals surface area contributed by atoms with Gasteiger partial charge in [-0.25, -0.2) is 0 Å². The predicted molar refractivity (Wildman–Crippen MR) is 40.7 cm³/mol. The summed E-state index contributed by atoms with van der Waals surface area (Å²) in [5, 5.41) is 28.3. The molecule has 1 saturated heterocycles. The molecule has 1 aliphatic heterocycles. The monoisotopic (exact) mass is 194 g/mol. The highest BCUT2D eigenvalue weighted by atomic mass is 16.7. The maximum atomic E-state index is 9.70. The van der Waals surface area contributed by atoms with Gasteiger partial charge in [0.05, 0.1) is 6.61 Å². The molecule has 1 heterocycles. The molecule has 6 nitrogen and oxygen atoms in total. The summed E-state index contributed by atoms with van der Waals surface area (Å²) in [6, 6.07) is 0. The molecule has 0 aromatic carbocycles. The Bertz CT molecular complexity index is 170. The first-order valence-electron chi connectivity index (χ1n) is 3.84. The number of hydrogen-bond acceptors (Lipinski definition) is 6. The summed E-state index contributed by atoms with van der Waals surface area (Å²) in [5.74, 6) is -2.02. The molecule has 1 aliphatic rings. The molecule has 0 unspecified atom stereocenters. The molecule has 1 rings (SSSR count). The summed E-state index contributed by atoms with van der Waals surface area (Å²) in [5.41, 5.74) is 0. The average Bonchev–Trinajstić information content (AvgIpc) is 2.15. The van der Waals surface area contributed by atoms with Gasteiger partial charge in [-0.15, -0.1) is 0 Å². The first-order valence-corrected chi connectivity index (χ1v) is 3.84. The van der Waals surface area contributed by atoms with Crippen molar-refractivity contribution in [3.8, 4) is 0 Å². The zero-order valence-corrected chi connectivity index (χ0v) is 7.51. The van der Waals surface area contributed by atoms with E-state index in [0.717, 1.165) is 0 Å². The fourth-order valence-electron chi connectivity index (χ4n) is 1.27. The van der Waals surface area contributed by atoms with E-state index in [2.05, 4.69) is 4.74 Å². The summed E-state index contributed by atoms with van der Waals surface area (Å²) >= 11 is 0. The normalized spacial score (nSPS) is 46.4. The van der Waals surface area contributed by atoms with Crippen LogP contribution < -0.4 is 0 Å². The molecule has 0 radical (unpaired) electrons. The van der Waals surface area contributed by atoms with Crippen LogP contribution in [0.3, 0.4) is 0 Å². The molecule has 1 fully saturated rings. The number of methoxy groups -OCH3 is 2. The van der Waals surface area contributed by atoms with Gasteiger partial charge in [0.25, 0.3) is 0 Å². The van der Waals surface area contributed by atoms with Crippen molar-refractivity contribution >= 4 is 0 Å². The number of aliphatic hydroxyl groups is 3. The zero-order valence-electron chi connectivity index (χ0n) is 7.51. The van der Waals surface area contributed by atoms with Gasteiger partial charge in [-0.05, 0) is 0 Å². The largest absolute Gasteiger partial charge is 0.388 e. The van der Waals surface area contributed by atoms with Crippen LogP contribution in [-0.2, 0) is 14.2 Å². The van der Waals surface area contributed by atoms with Gasteiger partial charge >= 0.3 is 0 Å². The summed E-state index contributed by atoms with van der Waals surface area (Å²) in [7, 11) is 2.50. The Labute approximate surface area is 75.6 Å². The summed E-state index contributed by atoms with van der Waals surface area (Å²) in [6.45, 7) is -0.106. The summed E-state index contributed by atoms with van der Waals surface area (Å²) < 4.78 is 14.3. The number of aliphatic hydroxyl groups excluding tert-OH is 2. The van der Waals surface area contributed by atoms with E-state index < -0.39 is 24.3 Å². The van der Waals surface area contributed by atoms with Crippen molar-refractivity contribution in [3.05, 3.63) is 0 Å². The zero-order chi connectivity index (χ0) is 10.1. The van der Waals surface area contributed by atoms with Crippen molar-refractivity contribution in [2.75, 3.05) is 20.8 Å². The number of rotatable bonds is 2. The smallest absolute Gasteiger partial charge is 0.247 e. The van der Waals surface area contributed by atoms with Crippen LogP contribution in [0.4, 0.5) is 0 Å². The van der Waals surface area contributed by atoms with Gasteiger partial charge in [0, 0.05) is 14.2 Å². The molecule has 78 valence electrons. The van der Waals surface area contributed by atoms with E-state index in [1.54, 1.807) is 0 Å². The molecule has 3 N–H and O–H groups in total. The standard InChI is InChI=1S/C7H14O6/c1-11-6-7(10,12-2)5(9)4(8)3-13-6/h4-6,8-10H,3H2,1-2H3/t4-,5-,6+,7-/m1/s1. The van der Waals surface area contributed by atoms with Crippen molar-refractivity contribution in [2.45, 2.75) is 24.3 Å². The van der Waals surface area contributed by atoms with Gasteiger partial charge in [-0.2, -0.15) is 0 Å². The van der Waals surface area contributed by atoms with Gasteiger partial charge in [0.2, 0.25) is 12.1 Å². The molecular formula is C7H14O6. The molecule has 0 spiro atoms. The lowest BCUT2D eigenvalue weighted by Gasteiger charge is -2.42. The van der Waals surface area contributed by atoms with Crippen LogP contribution in [0.1, 0.15) is 0 Å². The highest BCUT2D eigenvalue weighted by Crippen LogP contribution is 2.27. The van der Waals surface area contributed by atoms with Crippen LogP contribution in [0, 0.1) is 0 Å². The Hall–Kier alpha value is -0.240. The first-order chi connectivity index (χ1) is 6.06. The molecule has 13 heavy (non-hydrogen) atoms. The van der Waals surface area contributed by atoms with Crippen molar-refractivity contribution in [1.82, 2.24) is 0 Å². The van der Waals surface area contributed by atoms with Crippen molar-refractivity contribution in [1.29, 1.82) is 0 Å². The fraction of sp³-hybridized carbons (Fsp3) is 1.00. The van der Waals surface area contributed by atoms with Gasteiger partial charge in [-0.1, -0.05) is 0 Å². The van der Waals surface area contributed by atoms with Crippen molar-refractivity contribution < 1.29 is 29.5 Å². The Morgan fingerprint density at radius 1 is 1.38 bits per heavy atom. The average molecular weight is 194 g/mol. The third-order valence-electron chi connectivity index (χ3n) is 2.09. The topological polar surface area (TPSA) is 88.4 Å². The second-order valence-electron chi connectivity index (χ2n) is 2.87. The van der Waals surface area contributed by atoms with Gasteiger partial charge < -0.3 is 29.5 Å². The lowest BCUT2D eigenvalue weighted by atomic mass is 10.0. The minimum atomic E-state index is -2.02. The minimum absolute atomic E-state index is 0.106. The maximum absolute atomic E-state index is 9.70. The van der Waals surface area contributed by atoms with E-state index in [0.29, 0.717) is 0 Å². The van der Waals surface area contributed by atoms with Crippen molar-refractivity contribution in [2.24, 2.45) is 0 Å². The molecule has 0 saturated carbocycles. The number of ether oxygens (including phenoxy) is 3. The summed E-state index contributed by atoms with van der Waals surface area (Å²) in [4.78, 5) is 0. The lowest BCUT2D eigenvalue weighted by molar-refractivity contribution is -0.390. The quantitative estimate of drug-likeness (QED) is 0.443. The molecule has 0 aliphatic carbocycles. The van der Waals surface area contributed by atoms with E-state index in [4.69, 9.17) is 9.47 Å². The summed E-state index contributed by atoms with van der Waals surface area (Å²) in [6.07, 6.45) is -3.73. The Kier molecular flexibility index (Phi) is 3.23. The SMILES string of the molecule is CO[C@H]1OC[C@@H](O)[C@@H](O)[C@@]1(O)OC. The predicted octanol–water partition coefficient (Wildman–Crippen LogP) is -1.95. The van der Waals surface area contributed by atoms with Crippen LogP contribution in [0.5, 0.6) is 0 Å². The molecular weight excluding hydrogens is 180 g/mol. The van der Waals surface area contributed by atoms with Gasteiger partial charge in [0.15, 0.2) is 0 Å². The maximum Gasteiger partial charge on any atom is 0.247 e. The molecule has 0 amide bonds. The van der Waals surface area contributed by atoms with Crippen LogP contribution in [-0.4, -0.2) is 60.4 Å². The molecule has 0 aromatic heterocycles.